The van der Waals surface area contributed by atoms with Gasteiger partial charge in [0.15, 0.2) is 0 Å². The highest BCUT2D eigenvalue weighted by Gasteiger charge is 2.41. The Morgan fingerprint density at radius 3 is 2.41 bits per heavy atom. The Morgan fingerprint density at radius 2 is 1.76 bits per heavy atom. The van der Waals surface area contributed by atoms with Gasteiger partial charge in [-0.05, 0) is 54.4 Å². The molecule has 0 spiro atoms. The van der Waals surface area contributed by atoms with E-state index in [2.05, 4.69) is 5.32 Å². The van der Waals surface area contributed by atoms with E-state index in [0.29, 0.717) is 28.6 Å². The first-order chi connectivity index (χ1) is 16.5. The van der Waals surface area contributed by atoms with E-state index in [4.69, 9.17) is 16.3 Å². The number of amides is 2. The third-order valence-corrected chi connectivity index (χ3v) is 6.86. The first-order valence-electron chi connectivity index (χ1n) is 10.4. The normalized spacial score (nSPS) is 16.7. The molecule has 3 aromatic rings. The Hall–Kier alpha value is -3.73. The number of carbonyl (C=O) groups excluding carboxylic acids is 2. The highest BCUT2D eigenvalue weighted by molar-refractivity contribution is 8.05. The zero-order chi connectivity index (χ0) is 24.1. The number of thioether (sulfide) groups is 1. The second kappa shape index (κ2) is 10.5. The molecular formula is C26H20ClN3O3S. The van der Waals surface area contributed by atoms with Crippen molar-refractivity contribution in [2.24, 2.45) is 0 Å². The fourth-order valence-electron chi connectivity index (χ4n) is 3.53. The number of hydrogen-bond acceptors (Lipinski definition) is 5. The van der Waals surface area contributed by atoms with Gasteiger partial charge >= 0.3 is 0 Å². The van der Waals surface area contributed by atoms with Gasteiger partial charge in [0, 0.05) is 16.4 Å². The number of rotatable bonds is 6. The number of hydrogen-bond donors (Lipinski definition) is 1. The number of methoxy groups -OCH3 is 1. The van der Waals surface area contributed by atoms with Gasteiger partial charge in [-0.2, -0.15) is 5.26 Å². The van der Waals surface area contributed by atoms with Crippen molar-refractivity contribution >= 4 is 46.6 Å². The van der Waals surface area contributed by atoms with Gasteiger partial charge in [0.05, 0.1) is 12.4 Å². The number of nitrogens with one attached hydrogen (secondary N) is 1. The molecule has 3 aromatic carbocycles. The van der Waals surface area contributed by atoms with E-state index in [0.717, 1.165) is 5.56 Å². The number of anilines is 2. The van der Waals surface area contributed by atoms with Gasteiger partial charge in [-0.15, -0.1) is 0 Å². The summed E-state index contributed by atoms with van der Waals surface area (Å²) in [4.78, 5) is 28.0. The van der Waals surface area contributed by atoms with Gasteiger partial charge < -0.3 is 10.1 Å². The van der Waals surface area contributed by atoms with E-state index < -0.39 is 11.2 Å². The lowest BCUT2D eigenvalue weighted by atomic mass is 10.1. The quantitative estimate of drug-likeness (QED) is 0.369. The fourth-order valence-corrected chi connectivity index (χ4v) is 5.04. The molecule has 1 saturated heterocycles. The number of para-hydroxylation sites is 1. The van der Waals surface area contributed by atoms with Crippen LogP contribution in [0.1, 0.15) is 5.56 Å². The number of nitrogens with zero attached hydrogens (tertiary/aromatic N) is 2. The van der Waals surface area contributed by atoms with Gasteiger partial charge in [0.2, 0.25) is 5.91 Å². The monoisotopic (exact) mass is 489 g/mol. The predicted molar refractivity (Wildman–Crippen MR) is 135 cm³/mol. The summed E-state index contributed by atoms with van der Waals surface area (Å²) in [5, 5.41) is 13.0. The molecule has 1 unspecified atom stereocenters. The molecule has 1 aliphatic heterocycles. The molecule has 2 amide bonds. The van der Waals surface area contributed by atoms with Crippen LogP contribution in [0, 0.1) is 11.3 Å². The van der Waals surface area contributed by atoms with Crippen LogP contribution in [0.3, 0.4) is 0 Å². The van der Waals surface area contributed by atoms with Crippen LogP contribution in [0.5, 0.6) is 5.75 Å². The Labute approximate surface area is 206 Å². The molecule has 4 rings (SSSR count). The lowest BCUT2D eigenvalue weighted by Crippen LogP contribution is -2.31. The maximum atomic E-state index is 13.5. The Kier molecular flexibility index (Phi) is 7.21. The molecule has 1 atom stereocenters. The second-order valence-electron chi connectivity index (χ2n) is 7.39. The zero-order valence-corrected chi connectivity index (χ0v) is 19.8. The van der Waals surface area contributed by atoms with Crippen LogP contribution in [0.15, 0.2) is 89.5 Å². The van der Waals surface area contributed by atoms with Crippen molar-refractivity contribution in [3.63, 3.8) is 0 Å². The van der Waals surface area contributed by atoms with Crippen molar-refractivity contribution < 1.29 is 14.3 Å². The van der Waals surface area contributed by atoms with Crippen molar-refractivity contribution in [3.05, 3.63) is 100 Å². The summed E-state index contributed by atoms with van der Waals surface area (Å²) in [6, 6.07) is 25.1. The third kappa shape index (κ3) is 4.93. The van der Waals surface area contributed by atoms with E-state index in [9.17, 15) is 14.9 Å². The molecule has 0 saturated carbocycles. The molecule has 1 fully saturated rings. The largest absolute Gasteiger partial charge is 0.497 e. The molecule has 8 heteroatoms. The van der Waals surface area contributed by atoms with Crippen molar-refractivity contribution in [3.8, 4) is 11.8 Å². The summed E-state index contributed by atoms with van der Waals surface area (Å²) < 4.78 is 5.22. The summed E-state index contributed by atoms with van der Waals surface area (Å²) in [5.41, 5.74) is 1.77. The number of benzene rings is 3. The first kappa shape index (κ1) is 23.4. The molecule has 34 heavy (non-hydrogen) atoms. The van der Waals surface area contributed by atoms with Crippen LogP contribution in [-0.2, 0) is 16.0 Å². The predicted octanol–water partition coefficient (Wildman–Crippen LogP) is 5.41. The first-order valence-corrected chi connectivity index (χ1v) is 11.7. The molecule has 0 radical (unpaired) electrons. The van der Waals surface area contributed by atoms with E-state index in [-0.39, 0.29) is 16.5 Å². The summed E-state index contributed by atoms with van der Waals surface area (Å²) >= 11 is 7.52. The van der Waals surface area contributed by atoms with Crippen LogP contribution >= 0.6 is 23.4 Å². The number of carbonyl (C=O) groups is 2. The molecule has 170 valence electrons. The van der Waals surface area contributed by atoms with Gasteiger partial charge in [-0.3, -0.25) is 14.5 Å². The molecule has 6 nitrogen and oxygen atoms in total. The molecule has 0 aromatic heterocycles. The average molecular weight is 490 g/mol. The Morgan fingerprint density at radius 1 is 1.09 bits per heavy atom. The van der Waals surface area contributed by atoms with E-state index in [1.807, 2.05) is 30.3 Å². The van der Waals surface area contributed by atoms with Crippen molar-refractivity contribution in [1.82, 2.24) is 0 Å². The molecule has 1 N–H and O–H groups in total. The van der Waals surface area contributed by atoms with Crippen LogP contribution < -0.4 is 15.0 Å². The minimum atomic E-state index is -0.582. The van der Waals surface area contributed by atoms with Crippen LogP contribution in [0.25, 0.3) is 0 Å². The summed E-state index contributed by atoms with van der Waals surface area (Å²) in [6.45, 7) is 0. The summed E-state index contributed by atoms with van der Waals surface area (Å²) in [6.07, 6.45) is 0.359. The molecule has 0 aliphatic carbocycles. The minimum Gasteiger partial charge on any atom is -0.497 e. The van der Waals surface area contributed by atoms with Crippen LogP contribution in [0.4, 0.5) is 11.4 Å². The number of ether oxygens (including phenoxy) is 1. The molecule has 1 heterocycles. The van der Waals surface area contributed by atoms with Crippen LogP contribution in [-0.4, -0.2) is 24.2 Å². The fraction of sp³-hybridized carbons (Fsp3) is 0.115. The highest BCUT2D eigenvalue weighted by atomic mass is 35.5. The maximum absolute atomic E-state index is 13.5. The molecule has 0 bridgehead atoms. The van der Waals surface area contributed by atoms with Crippen molar-refractivity contribution in [2.75, 3.05) is 17.3 Å². The van der Waals surface area contributed by atoms with Crippen LogP contribution in [0.2, 0.25) is 5.02 Å². The van der Waals surface area contributed by atoms with E-state index in [1.165, 1.54) is 16.7 Å². The molecule has 1 aliphatic rings. The summed E-state index contributed by atoms with van der Waals surface area (Å²) in [5.74, 6) is -0.185. The van der Waals surface area contributed by atoms with E-state index >= 15 is 0 Å². The standard InChI is InChI=1S/C26H20ClN3O3S/c1-33-20-13-11-19(12-14-20)30-25(32)23(15-17-7-5-6-10-22(17)27)34-26(30)21(16-28)24(31)29-18-8-3-2-4-9-18/h2-14,23H,15H2,1H3,(H,29,31)/b26-21-. The number of nitriles is 1. The highest BCUT2D eigenvalue weighted by Crippen LogP contribution is 2.42. The van der Waals surface area contributed by atoms with Crippen molar-refractivity contribution in [2.45, 2.75) is 11.7 Å². The molecular weight excluding hydrogens is 470 g/mol. The minimum absolute atomic E-state index is 0.139. The average Bonchev–Trinajstić information content (AvgIpc) is 3.17. The van der Waals surface area contributed by atoms with Gasteiger partial charge in [-0.25, -0.2) is 0 Å². The zero-order valence-electron chi connectivity index (χ0n) is 18.2. The maximum Gasteiger partial charge on any atom is 0.269 e. The lowest BCUT2D eigenvalue weighted by molar-refractivity contribution is -0.117. The Bertz CT molecular complexity index is 1290. The third-order valence-electron chi connectivity index (χ3n) is 5.23. The second-order valence-corrected chi connectivity index (χ2v) is 8.98. The summed E-state index contributed by atoms with van der Waals surface area (Å²) in [7, 11) is 1.55. The number of halogens is 1. The van der Waals surface area contributed by atoms with Gasteiger partial charge in [-0.1, -0.05) is 59.8 Å². The van der Waals surface area contributed by atoms with Gasteiger partial charge in [0.25, 0.3) is 5.91 Å². The van der Waals surface area contributed by atoms with Gasteiger partial charge in [0.1, 0.15) is 22.4 Å². The smallest absolute Gasteiger partial charge is 0.269 e. The lowest BCUT2D eigenvalue weighted by Gasteiger charge is -2.19. The topological polar surface area (TPSA) is 82.4 Å². The Balaban J connectivity index is 1.74. The van der Waals surface area contributed by atoms with E-state index in [1.54, 1.807) is 61.7 Å². The van der Waals surface area contributed by atoms with Crippen molar-refractivity contribution in [1.29, 1.82) is 5.26 Å². The SMILES string of the molecule is COc1ccc(N2C(=O)C(Cc3ccccc3Cl)S/C2=C(/C#N)C(=O)Nc2ccccc2)cc1.